The molecule has 2 nitrogen and oxygen atoms in total. The largest absolute Gasteiger partial charge is 0.317 e. The lowest BCUT2D eigenvalue weighted by atomic mass is 9.78. The van der Waals surface area contributed by atoms with Crippen LogP contribution in [0.5, 0.6) is 0 Å². The van der Waals surface area contributed by atoms with Crippen molar-refractivity contribution in [3.63, 3.8) is 0 Å². The van der Waals surface area contributed by atoms with Crippen LogP contribution in [0.2, 0.25) is 0 Å². The molecule has 0 spiro atoms. The first kappa shape index (κ1) is 14.3. The van der Waals surface area contributed by atoms with Crippen LogP contribution in [0.15, 0.2) is 0 Å². The maximum atomic E-state index is 3.56. The minimum Gasteiger partial charge on any atom is -0.317 e. The van der Waals surface area contributed by atoms with E-state index in [4.69, 9.17) is 0 Å². The summed E-state index contributed by atoms with van der Waals surface area (Å²) in [5.74, 6) is 3.61. The third kappa shape index (κ3) is 3.48. The summed E-state index contributed by atoms with van der Waals surface area (Å²) in [6.45, 7) is 11.2. The lowest BCUT2D eigenvalue weighted by Crippen LogP contribution is -2.47. The van der Waals surface area contributed by atoms with Crippen LogP contribution in [0.3, 0.4) is 0 Å². The minimum atomic E-state index is 0.760. The van der Waals surface area contributed by atoms with E-state index in [2.05, 4.69) is 38.0 Å². The highest BCUT2D eigenvalue weighted by atomic mass is 15.1. The Bertz CT molecular complexity index is 253. The fourth-order valence-corrected chi connectivity index (χ4v) is 3.93. The second-order valence-electron chi connectivity index (χ2n) is 7.08. The molecule has 0 amide bonds. The van der Waals surface area contributed by atoms with Crippen LogP contribution >= 0.6 is 0 Å². The van der Waals surface area contributed by atoms with Gasteiger partial charge in [0.2, 0.25) is 0 Å². The zero-order valence-corrected chi connectivity index (χ0v) is 12.8. The number of hydrogen-bond donors (Lipinski definition) is 1. The summed E-state index contributed by atoms with van der Waals surface area (Å²) >= 11 is 0. The van der Waals surface area contributed by atoms with Crippen molar-refractivity contribution < 1.29 is 0 Å². The summed E-state index contributed by atoms with van der Waals surface area (Å²) in [4.78, 5) is 2.73. The lowest BCUT2D eigenvalue weighted by molar-refractivity contribution is 0.0915. The van der Waals surface area contributed by atoms with Crippen LogP contribution in [0.1, 0.15) is 46.5 Å². The van der Waals surface area contributed by atoms with Crippen LogP contribution < -0.4 is 5.32 Å². The van der Waals surface area contributed by atoms with Gasteiger partial charge in [-0.15, -0.1) is 0 Å². The zero-order chi connectivity index (χ0) is 13.1. The molecular weight excluding hydrogens is 220 g/mol. The molecule has 1 saturated carbocycles. The van der Waals surface area contributed by atoms with Crippen molar-refractivity contribution in [1.82, 2.24) is 10.2 Å². The molecule has 1 saturated heterocycles. The summed E-state index contributed by atoms with van der Waals surface area (Å²) in [6, 6.07) is 0.760. The SMILES string of the molecule is CNC1CCC(C)CC1CN1CCC(C)C(C)C1. The number of nitrogens with zero attached hydrogens (tertiary/aromatic N) is 1. The Kier molecular flexibility index (Phi) is 5.08. The van der Waals surface area contributed by atoms with E-state index in [9.17, 15) is 0 Å². The molecule has 0 aromatic heterocycles. The van der Waals surface area contributed by atoms with Crippen LogP contribution in [-0.2, 0) is 0 Å². The third-order valence-electron chi connectivity index (χ3n) is 5.53. The van der Waals surface area contributed by atoms with Gasteiger partial charge in [0.1, 0.15) is 0 Å². The average molecular weight is 252 g/mol. The van der Waals surface area contributed by atoms with Crippen molar-refractivity contribution in [1.29, 1.82) is 0 Å². The first-order valence-electron chi connectivity index (χ1n) is 7.99. The Labute approximate surface area is 114 Å². The van der Waals surface area contributed by atoms with Gasteiger partial charge in [-0.3, -0.25) is 0 Å². The van der Waals surface area contributed by atoms with Gasteiger partial charge in [0.05, 0.1) is 0 Å². The molecule has 2 rings (SSSR count). The van der Waals surface area contributed by atoms with Gasteiger partial charge in [-0.05, 0) is 62.9 Å². The van der Waals surface area contributed by atoms with Crippen molar-refractivity contribution >= 4 is 0 Å². The molecule has 1 N–H and O–H groups in total. The van der Waals surface area contributed by atoms with Crippen LogP contribution in [-0.4, -0.2) is 37.6 Å². The molecule has 2 fully saturated rings. The molecule has 106 valence electrons. The molecule has 1 aliphatic heterocycles. The Morgan fingerprint density at radius 1 is 1.06 bits per heavy atom. The lowest BCUT2D eigenvalue weighted by Gasteiger charge is -2.41. The molecule has 5 unspecified atom stereocenters. The van der Waals surface area contributed by atoms with Crippen LogP contribution in [0, 0.1) is 23.7 Å². The number of rotatable bonds is 3. The van der Waals surface area contributed by atoms with Gasteiger partial charge in [-0.1, -0.05) is 20.8 Å². The highest BCUT2D eigenvalue weighted by Gasteiger charge is 2.31. The van der Waals surface area contributed by atoms with Gasteiger partial charge in [0.25, 0.3) is 0 Å². The number of piperidine rings is 1. The second kappa shape index (κ2) is 6.38. The second-order valence-corrected chi connectivity index (χ2v) is 7.08. The number of hydrogen-bond acceptors (Lipinski definition) is 2. The van der Waals surface area contributed by atoms with Crippen LogP contribution in [0.25, 0.3) is 0 Å². The topological polar surface area (TPSA) is 15.3 Å². The van der Waals surface area contributed by atoms with Crippen molar-refractivity contribution in [2.24, 2.45) is 23.7 Å². The summed E-state index contributed by atoms with van der Waals surface area (Å²) in [5.41, 5.74) is 0. The van der Waals surface area contributed by atoms with Crippen molar-refractivity contribution in [3.05, 3.63) is 0 Å². The third-order valence-corrected chi connectivity index (χ3v) is 5.53. The molecule has 1 aliphatic carbocycles. The molecule has 0 bridgehead atoms. The molecule has 18 heavy (non-hydrogen) atoms. The summed E-state index contributed by atoms with van der Waals surface area (Å²) < 4.78 is 0. The zero-order valence-electron chi connectivity index (χ0n) is 12.8. The quantitative estimate of drug-likeness (QED) is 0.831. The summed E-state index contributed by atoms with van der Waals surface area (Å²) in [6.07, 6.45) is 5.61. The van der Waals surface area contributed by atoms with Gasteiger partial charge in [-0.25, -0.2) is 0 Å². The van der Waals surface area contributed by atoms with E-state index in [1.54, 1.807) is 0 Å². The molecule has 5 atom stereocenters. The Morgan fingerprint density at radius 3 is 2.50 bits per heavy atom. The molecule has 0 radical (unpaired) electrons. The fraction of sp³-hybridized carbons (Fsp3) is 1.00. The smallest absolute Gasteiger partial charge is 0.0105 e. The Balaban J connectivity index is 1.87. The standard InChI is InChI=1S/C16H32N2/c1-12-5-6-16(17-4)15(9-12)11-18-8-7-13(2)14(3)10-18/h12-17H,5-11H2,1-4H3. The molecule has 0 aromatic carbocycles. The van der Waals surface area contributed by atoms with E-state index in [0.29, 0.717) is 0 Å². The van der Waals surface area contributed by atoms with Gasteiger partial charge in [0.15, 0.2) is 0 Å². The minimum absolute atomic E-state index is 0.760. The summed E-state index contributed by atoms with van der Waals surface area (Å²) in [5, 5.41) is 3.56. The van der Waals surface area contributed by atoms with E-state index < -0.39 is 0 Å². The van der Waals surface area contributed by atoms with E-state index in [0.717, 1.165) is 29.7 Å². The highest BCUT2D eigenvalue weighted by molar-refractivity contribution is 4.86. The molecule has 2 aliphatic rings. The van der Waals surface area contributed by atoms with Crippen molar-refractivity contribution in [2.75, 3.05) is 26.7 Å². The Morgan fingerprint density at radius 2 is 1.83 bits per heavy atom. The monoisotopic (exact) mass is 252 g/mol. The first-order chi connectivity index (χ1) is 8.60. The fourth-order valence-electron chi connectivity index (χ4n) is 3.93. The van der Waals surface area contributed by atoms with Crippen LogP contribution in [0.4, 0.5) is 0 Å². The van der Waals surface area contributed by atoms with Gasteiger partial charge in [-0.2, -0.15) is 0 Å². The number of likely N-dealkylation sites (tertiary alicyclic amines) is 1. The highest BCUT2D eigenvalue weighted by Crippen LogP contribution is 2.31. The molecular formula is C16H32N2. The van der Waals surface area contributed by atoms with E-state index >= 15 is 0 Å². The van der Waals surface area contributed by atoms with E-state index in [-0.39, 0.29) is 0 Å². The predicted octanol–water partition coefficient (Wildman–Crippen LogP) is 2.99. The average Bonchev–Trinajstić information content (AvgIpc) is 2.34. The molecule has 1 heterocycles. The maximum Gasteiger partial charge on any atom is 0.0105 e. The number of nitrogens with one attached hydrogen (secondary N) is 1. The van der Waals surface area contributed by atoms with Crippen molar-refractivity contribution in [2.45, 2.75) is 52.5 Å². The maximum absolute atomic E-state index is 3.56. The van der Waals surface area contributed by atoms with Gasteiger partial charge >= 0.3 is 0 Å². The van der Waals surface area contributed by atoms with E-state index in [1.165, 1.54) is 45.3 Å². The van der Waals surface area contributed by atoms with Crippen molar-refractivity contribution in [3.8, 4) is 0 Å². The summed E-state index contributed by atoms with van der Waals surface area (Å²) in [7, 11) is 2.15. The first-order valence-corrected chi connectivity index (χ1v) is 7.99. The van der Waals surface area contributed by atoms with Gasteiger partial charge < -0.3 is 10.2 Å². The Hall–Kier alpha value is -0.0800. The normalized spacial score (nSPS) is 43.0. The molecule has 2 heteroatoms. The predicted molar refractivity (Wildman–Crippen MR) is 78.7 cm³/mol. The molecule has 0 aromatic rings. The van der Waals surface area contributed by atoms with Gasteiger partial charge in [0, 0.05) is 19.1 Å². The van der Waals surface area contributed by atoms with E-state index in [1.807, 2.05) is 0 Å².